The molecule has 0 saturated heterocycles. The molecule has 4 aromatic rings. The van der Waals surface area contributed by atoms with Gasteiger partial charge in [0.1, 0.15) is 5.82 Å². The van der Waals surface area contributed by atoms with Crippen molar-refractivity contribution in [1.29, 1.82) is 0 Å². The Hall–Kier alpha value is -4.26. The molecule has 0 saturated carbocycles. The molecule has 1 aromatic heterocycles. The van der Waals surface area contributed by atoms with Crippen LogP contribution in [0.2, 0.25) is 0 Å². The fraction of sp³-hybridized carbons (Fsp3) is 0.0417. The van der Waals surface area contributed by atoms with E-state index in [9.17, 15) is 14.0 Å². The number of pyridine rings is 1. The van der Waals surface area contributed by atoms with E-state index in [2.05, 4.69) is 15.6 Å². The first-order valence-corrected chi connectivity index (χ1v) is 9.59. The van der Waals surface area contributed by atoms with Crippen LogP contribution in [0.3, 0.4) is 0 Å². The molecule has 7 heteroatoms. The number of nitrogens with two attached hydrogens (primary N) is 1. The number of rotatable bonds is 5. The monoisotopic (exact) mass is 414 g/mol. The number of hydrogen-bond acceptors (Lipinski definition) is 3. The highest BCUT2D eigenvalue weighted by atomic mass is 19.1. The lowest BCUT2D eigenvalue weighted by molar-refractivity contribution is 0.0952. The third kappa shape index (κ3) is 4.67. The molecule has 6 nitrogen and oxygen atoms in total. The molecule has 0 aliphatic rings. The Labute approximate surface area is 177 Å². The van der Waals surface area contributed by atoms with Crippen molar-refractivity contribution in [3.8, 4) is 11.3 Å². The van der Waals surface area contributed by atoms with Crippen molar-refractivity contribution < 1.29 is 14.0 Å². The van der Waals surface area contributed by atoms with E-state index >= 15 is 0 Å². The van der Waals surface area contributed by atoms with E-state index < -0.39 is 11.8 Å². The summed E-state index contributed by atoms with van der Waals surface area (Å²) in [4.78, 5) is 28.5. The molecule has 3 amide bonds. The van der Waals surface area contributed by atoms with Crippen molar-refractivity contribution in [3.63, 3.8) is 0 Å². The number of aromatic nitrogens is 1. The zero-order chi connectivity index (χ0) is 21.8. The Kier molecular flexibility index (Phi) is 5.57. The highest BCUT2D eigenvalue weighted by molar-refractivity contribution is 6.07. The average Bonchev–Trinajstić information content (AvgIpc) is 2.77. The maximum absolute atomic E-state index is 13.8. The number of carbonyl (C=O) groups is 2. The minimum atomic E-state index is -0.642. The van der Waals surface area contributed by atoms with Crippen LogP contribution >= 0.6 is 0 Å². The van der Waals surface area contributed by atoms with Gasteiger partial charge in [0, 0.05) is 29.2 Å². The first-order chi connectivity index (χ1) is 15.0. The summed E-state index contributed by atoms with van der Waals surface area (Å²) < 4.78 is 13.8. The zero-order valence-corrected chi connectivity index (χ0v) is 16.4. The summed E-state index contributed by atoms with van der Waals surface area (Å²) in [5.74, 6) is -0.711. The second-order valence-corrected chi connectivity index (χ2v) is 6.95. The normalized spacial score (nSPS) is 10.6. The van der Waals surface area contributed by atoms with E-state index in [1.54, 1.807) is 36.4 Å². The summed E-state index contributed by atoms with van der Waals surface area (Å²) in [5, 5.41) is 5.94. The SMILES string of the molecule is NC(=O)Nc1ccc(CNC(=O)c2cc(-c3ccccc3)nc3cc(F)ccc23)cc1. The molecule has 0 bridgehead atoms. The largest absolute Gasteiger partial charge is 0.351 e. The van der Waals surface area contributed by atoms with Gasteiger partial charge < -0.3 is 16.4 Å². The lowest BCUT2D eigenvalue weighted by Crippen LogP contribution is -2.23. The van der Waals surface area contributed by atoms with E-state index in [0.29, 0.717) is 27.8 Å². The number of primary amides is 1. The van der Waals surface area contributed by atoms with Crippen molar-refractivity contribution in [2.45, 2.75) is 6.54 Å². The molecule has 31 heavy (non-hydrogen) atoms. The van der Waals surface area contributed by atoms with Crippen molar-refractivity contribution in [3.05, 3.63) is 95.8 Å². The second-order valence-electron chi connectivity index (χ2n) is 6.95. The number of urea groups is 1. The van der Waals surface area contributed by atoms with Crippen molar-refractivity contribution in [1.82, 2.24) is 10.3 Å². The van der Waals surface area contributed by atoms with Gasteiger partial charge in [-0.3, -0.25) is 4.79 Å². The average molecular weight is 414 g/mol. The minimum absolute atomic E-state index is 0.279. The van der Waals surface area contributed by atoms with Crippen LogP contribution < -0.4 is 16.4 Å². The van der Waals surface area contributed by atoms with Gasteiger partial charge in [0.05, 0.1) is 16.8 Å². The third-order valence-electron chi connectivity index (χ3n) is 4.76. The predicted molar refractivity (Wildman–Crippen MR) is 118 cm³/mol. The molecule has 0 aliphatic carbocycles. The number of nitrogens with zero attached hydrogens (tertiary/aromatic N) is 1. The number of hydrogen-bond donors (Lipinski definition) is 3. The summed E-state index contributed by atoms with van der Waals surface area (Å²) in [6.07, 6.45) is 0. The Morgan fingerprint density at radius 2 is 1.68 bits per heavy atom. The van der Waals surface area contributed by atoms with E-state index in [4.69, 9.17) is 5.73 Å². The van der Waals surface area contributed by atoms with Crippen molar-refractivity contribution in [2.75, 3.05) is 5.32 Å². The molecule has 154 valence electrons. The topological polar surface area (TPSA) is 97.1 Å². The van der Waals surface area contributed by atoms with Gasteiger partial charge in [-0.15, -0.1) is 0 Å². The second kappa shape index (κ2) is 8.62. The maximum atomic E-state index is 13.8. The molecular formula is C24H19FN4O2. The fourth-order valence-electron chi connectivity index (χ4n) is 3.27. The van der Waals surface area contributed by atoms with Crippen LogP contribution in [0.1, 0.15) is 15.9 Å². The van der Waals surface area contributed by atoms with Crippen LogP contribution in [-0.4, -0.2) is 16.9 Å². The number of benzene rings is 3. The van der Waals surface area contributed by atoms with Crippen LogP contribution in [0, 0.1) is 5.82 Å². The molecular weight excluding hydrogens is 395 g/mol. The Balaban J connectivity index is 1.61. The minimum Gasteiger partial charge on any atom is -0.351 e. The van der Waals surface area contributed by atoms with Crippen molar-refractivity contribution >= 4 is 28.5 Å². The molecule has 0 atom stereocenters. The van der Waals surface area contributed by atoms with Gasteiger partial charge in [-0.25, -0.2) is 14.2 Å². The molecule has 1 heterocycles. The van der Waals surface area contributed by atoms with Gasteiger partial charge in [0.25, 0.3) is 5.91 Å². The predicted octanol–water partition coefficient (Wildman–Crippen LogP) is 4.46. The van der Waals surface area contributed by atoms with E-state index in [-0.39, 0.29) is 12.5 Å². The van der Waals surface area contributed by atoms with Gasteiger partial charge in [-0.2, -0.15) is 0 Å². The Morgan fingerprint density at radius 1 is 0.935 bits per heavy atom. The molecule has 0 fully saturated rings. The van der Waals surface area contributed by atoms with Crippen LogP contribution in [0.25, 0.3) is 22.2 Å². The smallest absolute Gasteiger partial charge is 0.316 e. The summed E-state index contributed by atoms with van der Waals surface area (Å²) >= 11 is 0. The van der Waals surface area contributed by atoms with E-state index in [0.717, 1.165) is 11.1 Å². The highest BCUT2D eigenvalue weighted by Crippen LogP contribution is 2.25. The summed E-state index contributed by atoms with van der Waals surface area (Å²) in [7, 11) is 0. The first kappa shape index (κ1) is 20.0. The standard InChI is InChI=1S/C24H19FN4O2/c25-17-8-11-19-20(13-21(29-22(19)12-17)16-4-2-1-3-5-16)23(30)27-14-15-6-9-18(10-7-15)28-24(26)31/h1-13H,14H2,(H,27,30)(H3,26,28,31). The van der Waals surface area contributed by atoms with E-state index in [1.807, 2.05) is 30.3 Å². The Morgan fingerprint density at radius 3 is 2.39 bits per heavy atom. The first-order valence-electron chi connectivity index (χ1n) is 9.59. The van der Waals surface area contributed by atoms with Crippen LogP contribution in [-0.2, 0) is 6.54 Å². The summed E-state index contributed by atoms with van der Waals surface area (Å²) in [5.41, 5.74) is 8.75. The van der Waals surface area contributed by atoms with E-state index in [1.165, 1.54) is 12.1 Å². The van der Waals surface area contributed by atoms with Gasteiger partial charge in [-0.05, 0) is 35.9 Å². The molecule has 0 aliphatic heterocycles. The lowest BCUT2D eigenvalue weighted by Gasteiger charge is -2.11. The summed E-state index contributed by atoms with van der Waals surface area (Å²) in [6, 6.07) is 21.6. The maximum Gasteiger partial charge on any atom is 0.316 e. The Bertz CT molecular complexity index is 1260. The highest BCUT2D eigenvalue weighted by Gasteiger charge is 2.14. The number of halogens is 1. The van der Waals surface area contributed by atoms with Gasteiger partial charge in [-0.1, -0.05) is 42.5 Å². The molecule has 4 rings (SSSR count). The molecule has 4 N–H and O–H groups in total. The molecule has 0 unspecified atom stereocenters. The van der Waals surface area contributed by atoms with Gasteiger partial charge in [0.2, 0.25) is 0 Å². The van der Waals surface area contributed by atoms with Crippen LogP contribution in [0.15, 0.2) is 78.9 Å². The van der Waals surface area contributed by atoms with Crippen LogP contribution in [0.5, 0.6) is 0 Å². The number of carbonyl (C=O) groups excluding carboxylic acids is 2. The third-order valence-corrected chi connectivity index (χ3v) is 4.76. The zero-order valence-electron chi connectivity index (χ0n) is 16.4. The molecule has 0 radical (unpaired) electrons. The molecule has 0 spiro atoms. The fourth-order valence-corrected chi connectivity index (χ4v) is 3.27. The summed E-state index contributed by atoms with van der Waals surface area (Å²) in [6.45, 7) is 0.279. The number of amides is 3. The quantitative estimate of drug-likeness (QED) is 0.450. The van der Waals surface area contributed by atoms with Gasteiger partial charge in [0.15, 0.2) is 0 Å². The number of fused-ring (bicyclic) bond motifs is 1. The number of nitrogens with one attached hydrogen (secondary N) is 2. The van der Waals surface area contributed by atoms with Gasteiger partial charge >= 0.3 is 6.03 Å². The van der Waals surface area contributed by atoms with Crippen molar-refractivity contribution in [2.24, 2.45) is 5.73 Å². The molecule has 3 aromatic carbocycles. The number of anilines is 1. The lowest BCUT2D eigenvalue weighted by atomic mass is 10.0. The van der Waals surface area contributed by atoms with Crippen LogP contribution in [0.4, 0.5) is 14.9 Å².